The summed E-state index contributed by atoms with van der Waals surface area (Å²) in [4.78, 5) is 15.8. The van der Waals surface area contributed by atoms with Crippen molar-refractivity contribution >= 4 is 16.9 Å². The van der Waals surface area contributed by atoms with Crippen LogP contribution in [0.4, 0.5) is 0 Å². The van der Waals surface area contributed by atoms with Gasteiger partial charge in [-0.15, -0.1) is 0 Å². The van der Waals surface area contributed by atoms with E-state index in [1.807, 2.05) is 36.4 Å². The molecule has 0 aliphatic carbocycles. The number of hydrogen-bond donors (Lipinski definition) is 0. The van der Waals surface area contributed by atoms with Crippen LogP contribution in [-0.4, -0.2) is 18.1 Å². The van der Waals surface area contributed by atoms with Gasteiger partial charge in [0.05, 0.1) is 18.3 Å². The van der Waals surface area contributed by atoms with Gasteiger partial charge in [0.1, 0.15) is 12.4 Å². The molecule has 0 aliphatic heterocycles. The molecule has 0 aliphatic rings. The van der Waals surface area contributed by atoms with E-state index in [1.54, 1.807) is 0 Å². The van der Waals surface area contributed by atoms with E-state index in [2.05, 4.69) is 34.0 Å². The van der Waals surface area contributed by atoms with Crippen LogP contribution in [0.3, 0.4) is 0 Å². The summed E-state index contributed by atoms with van der Waals surface area (Å²) in [5.74, 6) is 0.690. The number of hydrogen-bond acceptors (Lipinski definition) is 4. The van der Waals surface area contributed by atoms with Gasteiger partial charge in [0.25, 0.3) is 0 Å². The lowest BCUT2D eigenvalue weighted by Crippen LogP contribution is -2.00. The molecule has 0 fully saturated rings. The molecule has 1 aromatic heterocycles. The highest BCUT2D eigenvalue weighted by molar-refractivity contribution is 5.78. The SMILES string of the molecule is COC(=O)CCCCc1cccc(OCc2ccc3ccccc3n2)c1. The summed E-state index contributed by atoms with van der Waals surface area (Å²) in [5.41, 5.74) is 3.10. The summed E-state index contributed by atoms with van der Waals surface area (Å²) in [5, 5.41) is 1.13. The number of nitrogens with zero attached hydrogens (tertiary/aromatic N) is 1. The van der Waals surface area contributed by atoms with Crippen LogP contribution in [0, 0.1) is 0 Å². The maximum Gasteiger partial charge on any atom is 0.305 e. The van der Waals surface area contributed by atoms with Crippen LogP contribution in [0.1, 0.15) is 30.5 Å². The van der Waals surface area contributed by atoms with E-state index in [0.717, 1.165) is 41.6 Å². The minimum Gasteiger partial charge on any atom is -0.487 e. The Morgan fingerprint density at radius 1 is 1.00 bits per heavy atom. The second kappa shape index (κ2) is 8.99. The smallest absolute Gasteiger partial charge is 0.305 e. The molecule has 134 valence electrons. The van der Waals surface area contributed by atoms with Crippen LogP contribution in [0.2, 0.25) is 0 Å². The van der Waals surface area contributed by atoms with Crippen molar-refractivity contribution in [2.75, 3.05) is 7.11 Å². The van der Waals surface area contributed by atoms with E-state index in [4.69, 9.17) is 4.74 Å². The van der Waals surface area contributed by atoms with Gasteiger partial charge in [0.2, 0.25) is 0 Å². The van der Waals surface area contributed by atoms with Crippen molar-refractivity contribution in [3.05, 3.63) is 71.9 Å². The lowest BCUT2D eigenvalue weighted by atomic mass is 10.1. The number of aromatic nitrogens is 1. The maximum atomic E-state index is 11.1. The van der Waals surface area contributed by atoms with Crippen molar-refractivity contribution in [2.45, 2.75) is 32.3 Å². The highest BCUT2D eigenvalue weighted by Gasteiger charge is 2.03. The van der Waals surface area contributed by atoms with E-state index in [9.17, 15) is 4.79 Å². The molecule has 2 aromatic carbocycles. The van der Waals surface area contributed by atoms with E-state index >= 15 is 0 Å². The van der Waals surface area contributed by atoms with Gasteiger partial charge in [-0.05, 0) is 49.1 Å². The summed E-state index contributed by atoms with van der Waals surface area (Å²) in [7, 11) is 1.42. The summed E-state index contributed by atoms with van der Waals surface area (Å²) in [6, 6.07) is 20.2. The van der Waals surface area contributed by atoms with Crippen LogP contribution in [0.5, 0.6) is 5.75 Å². The number of unbranched alkanes of at least 4 members (excludes halogenated alkanes) is 1. The first-order valence-corrected chi connectivity index (χ1v) is 8.88. The zero-order valence-corrected chi connectivity index (χ0v) is 15.0. The Labute approximate surface area is 153 Å². The molecule has 0 atom stereocenters. The fourth-order valence-corrected chi connectivity index (χ4v) is 2.84. The van der Waals surface area contributed by atoms with Crippen LogP contribution in [0.25, 0.3) is 10.9 Å². The number of aryl methyl sites for hydroxylation is 1. The van der Waals surface area contributed by atoms with E-state index in [0.29, 0.717) is 13.0 Å². The average molecular weight is 349 g/mol. The van der Waals surface area contributed by atoms with Crippen molar-refractivity contribution in [3.8, 4) is 5.75 Å². The normalized spacial score (nSPS) is 10.7. The molecule has 3 rings (SSSR count). The Hall–Kier alpha value is -2.88. The Kier molecular flexibility index (Phi) is 6.20. The number of pyridine rings is 1. The molecule has 0 amide bonds. The van der Waals surface area contributed by atoms with Gasteiger partial charge in [-0.1, -0.05) is 36.4 Å². The van der Waals surface area contributed by atoms with Crippen molar-refractivity contribution in [1.82, 2.24) is 4.98 Å². The van der Waals surface area contributed by atoms with Gasteiger partial charge in [-0.25, -0.2) is 4.98 Å². The lowest BCUT2D eigenvalue weighted by Gasteiger charge is -2.08. The summed E-state index contributed by atoms with van der Waals surface area (Å²) < 4.78 is 10.6. The van der Waals surface area contributed by atoms with Crippen LogP contribution in [0.15, 0.2) is 60.7 Å². The van der Waals surface area contributed by atoms with Gasteiger partial charge < -0.3 is 9.47 Å². The fourth-order valence-electron chi connectivity index (χ4n) is 2.84. The third-order valence-electron chi connectivity index (χ3n) is 4.27. The predicted octanol–water partition coefficient (Wildman–Crippen LogP) is 4.70. The highest BCUT2D eigenvalue weighted by Crippen LogP contribution is 2.18. The third-order valence-corrected chi connectivity index (χ3v) is 4.27. The highest BCUT2D eigenvalue weighted by atomic mass is 16.5. The molecule has 0 spiro atoms. The standard InChI is InChI=1S/C22H23NO3/c1-25-22(24)12-5-2-7-17-8-6-10-20(15-17)26-16-19-14-13-18-9-3-4-11-21(18)23-19/h3-4,6,8-11,13-15H,2,5,7,12,16H2,1H3. The number of methoxy groups -OCH3 is 1. The summed E-state index contributed by atoms with van der Waals surface area (Å²) in [6.07, 6.45) is 3.17. The molecule has 26 heavy (non-hydrogen) atoms. The first-order valence-electron chi connectivity index (χ1n) is 8.88. The Morgan fingerprint density at radius 3 is 2.77 bits per heavy atom. The summed E-state index contributed by atoms with van der Waals surface area (Å²) in [6.45, 7) is 0.441. The van der Waals surface area contributed by atoms with E-state index in [-0.39, 0.29) is 5.97 Å². The molecule has 0 radical (unpaired) electrons. The number of carbonyl (C=O) groups excluding carboxylic acids is 1. The van der Waals surface area contributed by atoms with Crippen molar-refractivity contribution in [1.29, 1.82) is 0 Å². The van der Waals surface area contributed by atoms with Crippen molar-refractivity contribution in [3.63, 3.8) is 0 Å². The number of benzene rings is 2. The van der Waals surface area contributed by atoms with E-state index in [1.165, 1.54) is 12.7 Å². The number of ether oxygens (including phenoxy) is 2. The number of esters is 1. The Balaban J connectivity index is 1.53. The molecule has 0 unspecified atom stereocenters. The predicted molar refractivity (Wildman–Crippen MR) is 102 cm³/mol. The topological polar surface area (TPSA) is 48.4 Å². The van der Waals surface area contributed by atoms with Crippen LogP contribution in [-0.2, 0) is 22.6 Å². The van der Waals surface area contributed by atoms with Gasteiger partial charge in [-0.3, -0.25) is 4.79 Å². The Bertz CT molecular complexity index is 876. The first kappa shape index (κ1) is 17.9. The minimum absolute atomic E-state index is 0.148. The fraction of sp³-hybridized carbons (Fsp3) is 0.273. The van der Waals surface area contributed by atoms with Crippen molar-refractivity contribution in [2.24, 2.45) is 0 Å². The zero-order chi connectivity index (χ0) is 18.2. The van der Waals surface area contributed by atoms with Gasteiger partial charge in [-0.2, -0.15) is 0 Å². The molecule has 0 saturated carbocycles. The molecular weight excluding hydrogens is 326 g/mol. The second-order valence-corrected chi connectivity index (χ2v) is 6.21. The minimum atomic E-state index is -0.148. The molecule has 0 N–H and O–H groups in total. The van der Waals surface area contributed by atoms with Crippen LogP contribution < -0.4 is 4.74 Å². The number of para-hydroxylation sites is 1. The molecule has 4 heteroatoms. The van der Waals surface area contributed by atoms with Gasteiger partial charge in [0, 0.05) is 11.8 Å². The zero-order valence-electron chi connectivity index (χ0n) is 15.0. The number of fused-ring (bicyclic) bond motifs is 1. The third kappa shape index (κ3) is 5.06. The quantitative estimate of drug-likeness (QED) is 0.437. The first-order chi connectivity index (χ1) is 12.7. The van der Waals surface area contributed by atoms with Crippen LogP contribution >= 0.6 is 0 Å². The van der Waals surface area contributed by atoms with Gasteiger partial charge in [0.15, 0.2) is 0 Å². The largest absolute Gasteiger partial charge is 0.487 e. The Morgan fingerprint density at radius 2 is 1.88 bits per heavy atom. The molecule has 3 aromatic rings. The molecule has 0 saturated heterocycles. The second-order valence-electron chi connectivity index (χ2n) is 6.21. The molecule has 4 nitrogen and oxygen atoms in total. The maximum absolute atomic E-state index is 11.1. The summed E-state index contributed by atoms with van der Waals surface area (Å²) >= 11 is 0. The van der Waals surface area contributed by atoms with Crippen molar-refractivity contribution < 1.29 is 14.3 Å². The van der Waals surface area contributed by atoms with Gasteiger partial charge >= 0.3 is 5.97 Å². The van der Waals surface area contributed by atoms with E-state index < -0.39 is 0 Å². The lowest BCUT2D eigenvalue weighted by molar-refractivity contribution is -0.140. The molecule has 0 bridgehead atoms. The monoisotopic (exact) mass is 349 g/mol. The average Bonchev–Trinajstić information content (AvgIpc) is 2.69. The molecule has 1 heterocycles. The molecular formula is C22H23NO3. The number of rotatable bonds is 8. The number of carbonyl (C=O) groups is 1.